The van der Waals surface area contributed by atoms with Crippen LogP contribution in [0.1, 0.15) is 92.2 Å². The summed E-state index contributed by atoms with van der Waals surface area (Å²) in [5.41, 5.74) is 12.6. The lowest BCUT2D eigenvalue weighted by Gasteiger charge is -2.38. The van der Waals surface area contributed by atoms with E-state index in [0.29, 0.717) is 16.6 Å². The SMILES string of the molecule is CCCCN(CCCC)c1ccc(C#CC#C[Si](C)(C)C)cc1C#C[Si](C(C)C)(C(C)C)C(C)C. The average molecular weight is 506 g/mol. The summed E-state index contributed by atoms with van der Waals surface area (Å²) >= 11 is 0. The second kappa shape index (κ2) is 14.6. The van der Waals surface area contributed by atoms with Crippen LogP contribution in [0.4, 0.5) is 5.69 Å². The Kier molecular flexibility index (Phi) is 13.0. The summed E-state index contributed by atoms with van der Waals surface area (Å²) in [7, 11) is -3.23. The number of nitrogens with zero attached hydrogens (tertiary/aromatic N) is 1. The molecule has 0 atom stereocenters. The minimum absolute atomic E-state index is 0.620. The number of hydrogen-bond donors (Lipinski definition) is 0. The Bertz CT molecular complexity index is 948. The van der Waals surface area contributed by atoms with Gasteiger partial charge in [-0.3, -0.25) is 0 Å². The smallest absolute Gasteiger partial charge is 0.146 e. The van der Waals surface area contributed by atoms with E-state index in [1.165, 1.54) is 31.4 Å². The van der Waals surface area contributed by atoms with Crippen molar-refractivity contribution in [3.05, 3.63) is 29.3 Å². The van der Waals surface area contributed by atoms with Crippen molar-refractivity contribution in [1.29, 1.82) is 0 Å². The quantitative estimate of drug-likeness (QED) is 0.227. The van der Waals surface area contributed by atoms with Gasteiger partial charge in [-0.05, 0) is 59.5 Å². The third-order valence-electron chi connectivity index (χ3n) is 6.89. The molecule has 192 valence electrons. The van der Waals surface area contributed by atoms with Gasteiger partial charge in [0.1, 0.15) is 16.1 Å². The molecule has 0 aliphatic carbocycles. The first kappa shape index (κ1) is 31.2. The largest absolute Gasteiger partial charge is 0.371 e. The number of hydrogen-bond acceptors (Lipinski definition) is 1. The van der Waals surface area contributed by atoms with Crippen molar-refractivity contribution in [3.63, 3.8) is 0 Å². The molecular weight excluding hydrogens is 455 g/mol. The maximum Gasteiger partial charge on any atom is 0.146 e. The molecule has 3 heteroatoms. The van der Waals surface area contributed by atoms with Crippen LogP contribution >= 0.6 is 0 Å². The number of anilines is 1. The van der Waals surface area contributed by atoms with Crippen LogP contribution in [-0.4, -0.2) is 29.2 Å². The molecule has 1 aromatic rings. The second-order valence-electron chi connectivity index (χ2n) is 11.8. The molecule has 0 radical (unpaired) electrons. The lowest BCUT2D eigenvalue weighted by Crippen LogP contribution is -2.43. The molecule has 35 heavy (non-hydrogen) atoms. The molecule has 0 bridgehead atoms. The minimum atomic E-state index is -1.82. The summed E-state index contributed by atoms with van der Waals surface area (Å²) in [5.74, 6) is 13.3. The maximum absolute atomic E-state index is 3.96. The van der Waals surface area contributed by atoms with Crippen LogP contribution < -0.4 is 4.90 Å². The molecule has 0 N–H and O–H groups in total. The first-order valence-corrected chi connectivity index (χ1v) is 19.6. The van der Waals surface area contributed by atoms with Crippen LogP contribution in [0.15, 0.2) is 18.2 Å². The molecular formula is C32H51NSi2. The van der Waals surface area contributed by atoms with Crippen molar-refractivity contribution in [2.45, 2.75) is 117 Å². The van der Waals surface area contributed by atoms with Gasteiger partial charge in [-0.1, -0.05) is 99.7 Å². The van der Waals surface area contributed by atoms with E-state index in [1.54, 1.807) is 0 Å². The fraction of sp³-hybridized carbons (Fsp3) is 0.625. The molecule has 0 spiro atoms. The number of unbranched alkanes of at least 4 members (excludes halogenated alkanes) is 2. The molecule has 0 amide bonds. The monoisotopic (exact) mass is 505 g/mol. The van der Waals surface area contributed by atoms with E-state index in [2.05, 4.69) is 133 Å². The predicted molar refractivity (Wildman–Crippen MR) is 164 cm³/mol. The Morgan fingerprint density at radius 2 is 1.29 bits per heavy atom. The highest BCUT2D eigenvalue weighted by Gasteiger charge is 2.41. The van der Waals surface area contributed by atoms with Crippen LogP contribution in [0.2, 0.25) is 36.3 Å². The van der Waals surface area contributed by atoms with Crippen molar-refractivity contribution in [3.8, 4) is 34.8 Å². The normalized spacial score (nSPS) is 11.5. The van der Waals surface area contributed by atoms with Crippen molar-refractivity contribution in [2.75, 3.05) is 18.0 Å². The summed E-state index contributed by atoms with van der Waals surface area (Å²) in [5, 5.41) is 0. The highest BCUT2D eigenvalue weighted by atomic mass is 28.3. The predicted octanol–water partition coefficient (Wildman–Crippen LogP) is 8.90. The van der Waals surface area contributed by atoms with E-state index in [1.807, 2.05) is 0 Å². The molecule has 0 aliphatic heterocycles. The van der Waals surface area contributed by atoms with Crippen molar-refractivity contribution in [2.24, 2.45) is 0 Å². The van der Waals surface area contributed by atoms with E-state index >= 15 is 0 Å². The van der Waals surface area contributed by atoms with E-state index < -0.39 is 16.1 Å². The van der Waals surface area contributed by atoms with E-state index in [4.69, 9.17) is 0 Å². The Hall–Kier alpha value is -1.87. The summed E-state index contributed by atoms with van der Waals surface area (Å²) < 4.78 is 0. The number of benzene rings is 1. The first-order chi connectivity index (χ1) is 16.4. The molecule has 0 aromatic heterocycles. The van der Waals surface area contributed by atoms with Crippen LogP contribution in [0, 0.1) is 34.8 Å². The zero-order chi connectivity index (χ0) is 26.6. The van der Waals surface area contributed by atoms with Gasteiger partial charge in [-0.15, -0.1) is 11.1 Å². The van der Waals surface area contributed by atoms with Gasteiger partial charge in [0.25, 0.3) is 0 Å². The Balaban J connectivity index is 3.68. The van der Waals surface area contributed by atoms with Gasteiger partial charge in [0.05, 0.1) is 5.69 Å². The van der Waals surface area contributed by atoms with Crippen LogP contribution in [0.3, 0.4) is 0 Å². The standard InChI is InChI=1S/C32H51NSi2/c1-12-14-22-33(23-15-13-2)32-20-19-30(18-16-17-24-34(9,10)11)26-31(32)21-25-35(27(3)4,28(5)6)29(7)8/h19-20,26-29H,12-15,22-23H2,1-11H3. The first-order valence-electron chi connectivity index (χ1n) is 13.8. The Morgan fingerprint density at radius 3 is 1.74 bits per heavy atom. The lowest BCUT2D eigenvalue weighted by molar-refractivity contribution is 0.677. The fourth-order valence-electron chi connectivity index (χ4n) is 4.97. The highest BCUT2D eigenvalue weighted by molar-refractivity contribution is 6.90. The molecule has 1 aromatic carbocycles. The van der Waals surface area contributed by atoms with Crippen molar-refractivity contribution >= 4 is 21.8 Å². The fourth-order valence-corrected chi connectivity index (χ4v) is 10.6. The Labute approximate surface area is 220 Å². The number of rotatable bonds is 10. The molecule has 0 saturated carbocycles. The average Bonchev–Trinajstić information content (AvgIpc) is 2.76. The molecule has 0 unspecified atom stereocenters. The molecule has 1 rings (SSSR count). The van der Waals surface area contributed by atoms with Gasteiger partial charge in [0, 0.05) is 24.2 Å². The van der Waals surface area contributed by atoms with Crippen LogP contribution in [0.5, 0.6) is 0 Å². The lowest BCUT2D eigenvalue weighted by atomic mass is 10.1. The van der Waals surface area contributed by atoms with Gasteiger partial charge in [0.15, 0.2) is 0 Å². The van der Waals surface area contributed by atoms with Crippen molar-refractivity contribution < 1.29 is 0 Å². The van der Waals surface area contributed by atoms with Gasteiger partial charge in [0.2, 0.25) is 0 Å². The van der Waals surface area contributed by atoms with E-state index in [-0.39, 0.29) is 0 Å². The van der Waals surface area contributed by atoms with Gasteiger partial charge >= 0.3 is 0 Å². The van der Waals surface area contributed by atoms with Crippen LogP contribution in [0.25, 0.3) is 0 Å². The van der Waals surface area contributed by atoms with Gasteiger partial charge in [-0.2, -0.15) is 0 Å². The molecule has 0 fully saturated rings. The van der Waals surface area contributed by atoms with Crippen molar-refractivity contribution in [1.82, 2.24) is 0 Å². The molecule has 0 saturated heterocycles. The zero-order valence-electron chi connectivity index (χ0n) is 24.7. The maximum atomic E-state index is 3.96. The summed E-state index contributed by atoms with van der Waals surface area (Å²) in [6.45, 7) is 27.8. The molecule has 0 aliphatic rings. The van der Waals surface area contributed by atoms with E-state index in [9.17, 15) is 0 Å². The highest BCUT2D eigenvalue weighted by Crippen LogP contribution is 2.41. The van der Waals surface area contributed by atoms with E-state index in [0.717, 1.165) is 24.2 Å². The summed E-state index contributed by atoms with van der Waals surface area (Å²) in [6, 6.07) is 6.64. The zero-order valence-corrected chi connectivity index (χ0v) is 26.7. The summed E-state index contributed by atoms with van der Waals surface area (Å²) in [6.07, 6.45) is 4.81. The summed E-state index contributed by atoms with van der Waals surface area (Å²) in [4.78, 5) is 2.56. The molecule has 0 heterocycles. The van der Waals surface area contributed by atoms with Gasteiger partial charge < -0.3 is 4.90 Å². The van der Waals surface area contributed by atoms with Gasteiger partial charge in [-0.25, -0.2) is 0 Å². The third-order valence-corrected chi connectivity index (χ3v) is 14.1. The second-order valence-corrected chi connectivity index (χ2v) is 22.2. The van der Waals surface area contributed by atoms with Crippen LogP contribution in [-0.2, 0) is 0 Å². The minimum Gasteiger partial charge on any atom is -0.371 e. The topological polar surface area (TPSA) is 3.24 Å². The third kappa shape index (κ3) is 9.60. The molecule has 1 nitrogen and oxygen atoms in total. The Morgan fingerprint density at radius 1 is 0.743 bits per heavy atom.